The van der Waals surface area contributed by atoms with Gasteiger partial charge in [-0.1, -0.05) is 42.3 Å². The maximum Gasteiger partial charge on any atom is 0.348 e. The second-order valence-corrected chi connectivity index (χ2v) is 8.29. The topological polar surface area (TPSA) is 83.5 Å². The third-order valence-electron chi connectivity index (χ3n) is 3.87. The first kappa shape index (κ1) is 18.7. The lowest BCUT2D eigenvalue weighted by molar-refractivity contribution is 0.0703. The summed E-state index contributed by atoms with van der Waals surface area (Å²) >= 11 is 0.880. The van der Waals surface area contributed by atoms with Gasteiger partial charge in [-0.2, -0.15) is 0 Å². The van der Waals surface area contributed by atoms with Crippen molar-refractivity contribution in [3.05, 3.63) is 69.9 Å². The summed E-state index contributed by atoms with van der Waals surface area (Å²) in [6.07, 6.45) is 5.28. The highest BCUT2D eigenvalue weighted by molar-refractivity contribution is 7.92. The van der Waals surface area contributed by atoms with E-state index in [1.54, 1.807) is 25.1 Å². The van der Waals surface area contributed by atoms with E-state index in [0.717, 1.165) is 11.3 Å². The zero-order chi connectivity index (χ0) is 19.6. The molecule has 0 fully saturated rings. The number of hydrogen-bond donors (Lipinski definition) is 2. The number of carboxylic acids is 1. The van der Waals surface area contributed by atoms with Crippen molar-refractivity contribution in [3.63, 3.8) is 0 Å². The van der Waals surface area contributed by atoms with Gasteiger partial charge in [-0.25, -0.2) is 13.2 Å². The molecule has 0 bridgehead atoms. The molecule has 0 amide bonds. The summed E-state index contributed by atoms with van der Waals surface area (Å²) in [5, 5.41) is 10.5. The van der Waals surface area contributed by atoms with Gasteiger partial charge in [0.25, 0.3) is 10.0 Å². The zero-order valence-electron chi connectivity index (χ0n) is 14.3. The number of benzene rings is 2. The van der Waals surface area contributed by atoms with Crippen molar-refractivity contribution in [3.8, 4) is 23.5 Å². The molecule has 4 rings (SSSR count). The molecular weight excluding hydrogens is 382 g/mol. The minimum atomic E-state index is -3.90. The molecule has 5 nitrogen and oxygen atoms in total. The molecule has 0 unspecified atom stereocenters. The standard InChI is InChI=1S/C14H11NO4S2.C6H4/c1-3-10-8-20-13(14(16)17)12(10)15-21(18,19)11-7-5-4-6-9(11)2;1-2-5-4-6(5)3-1/h1,4-8,15H,2H3,(H,16,17);1-4H. The number of thiophene rings is 1. The van der Waals surface area contributed by atoms with E-state index in [9.17, 15) is 13.2 Å². The number of hydrogen-bond acceptors (Lipinski definition) is 4. The van der Waals surface area contributed by atoms with Crippen LogP contribution in [0.25, 0.3) is 11.1 Å². The Hall–Kier alpha value is -3.08. The highest BCUT2D eigenvalue weighted by Crippen LogP contribution is 2.32. The molecule has 0 radical (unpaired) electrons. The summed E-state index contributed by atoms with van der Waals surface area (Å²) in [7, 11) is -3.90. The number of aromatic carboxylic acids is 1. The van der Waals surface area contributed by atoms with Gasteiger partial charge in [0.15, 0.2) is 0 Å². The number of nitrogens with one attached hydrogen (secondary N) is 1. The van der Waals surface area contributed by atoms with Gasteiger partial charge in [0.2, 0.25) is 0 Å². The lowest BCUT2D eigenvalue weighted by Gasteiger charge is -2.10. The van der Waals surface area contributed by atoms with Crippen LogP contribution in [-0.2, 0) is 10.0 Å². The number of terminal acetylenes is 1. The fourth-order valence-corrected chi connectivity index (χ4v) is 4.65. The molecule has 0 aliphatic heterocycles. The maximum absolute atomic E-state index is 12.4. The molecule has 1 aromatic heterocycles. The second-order valence-electron chi connectivity index (χ2n) is 5.75. The monoisotopic (exact) mass is 397 g/mol. The van der Waals surface area contributed by atoms with Gasteiger partial charge in [0.05, 0.1) is 16.1 Å². The molecular formula is C20H15NO4S2. The van der Waals surface area contributed by atoms with E-state index in [2.05, 4.69) is 34.9 Å². The number of carbonyl (C=O) groups is 1. The molecule has 0 saturated carbocycles. The Morgan fingerprint density at radius 3 is 2.30 bits per heavy atom. The zero-order valence-corrected chi connectivity index (χ0v) is 15.9. The molecule has 1 aromatic carbocycles. The Labute approximate surface area is 161 Å². The Bertz CT molecular complexity index is 1150. The van der Waals surface area contributed by atoms with E-state index in [0.29, 0.717) is 5.56 Å². The van der Waals surface area contributed by atoms with Crippen molar-refractivity contribution in [2.75, 3.05) is 4.72 Å². The van der Waals surface area contributed by atoms with Crippen LogP contribution in [0.5, 0.6) is 0 Å². The maximum atomic E-state index is 12.4. The lowest BCUT2D eigenvalue weighted by atomic mass is 10.2. The molecule has 0 atom stereocenters. The number of carboxylic acid groups (broad SMARTS) is 1. The van der Waals surface area contributed by atoms with E-state index in [1.165, 1.54) is 22.6 Å². The third-order valence-corrected chi connectivity index (χ3v) is 6.35. The molecule has 2 aliphatic carbocycles. The predicted molar refractivity (Wildman–Crippen MR) is 107 cm³/mol. The largest absolute Gasteiger partial charge is 0.477 e. The van der Waals surface area contributed by atoms with Crippen molar-refractivity contribution in [2.24, 2.45) is 0 Å². The average molecular weight is 397 g/mol. The molecule has 27 heavy (non-hydrogen) atoms. The van der Waals surface area contributed by atoms with Crippen LogP contribution >= 0.6 is 11.3 Å². The van der Waals surface area contributed by atoms with Crippen molar-refractivity contribution in [1.82, 2.24) is 0 Å². The van der Waals surface area contributed by atoms with Gasteiger partial charge < -0.3 is 5.11 Å². The Balaban J connectivity index is 0.000000290. The fraction of sp³-hybridized carbons (Fsp3) is 0.0500. The smallest absolute Gasteiger partial charge is 0.348 e. The van der Waals surface area contributed by atoms with Gasteiger partial charge >= 0.3 is 5.97 Å². The van der Waals surface area contributed by atoms with Gasteiger partial charge in [-0.15, -0.1) is 17.8 Å². The Kier molecular flexibility index (Phi) is 5.04. The minimum absolute atomic E-state index is 0.0711. The van der Waals surface area contributed by atoms with Crippen LogP contribution < -0.4 is 4.72 Å². The van der Waals surface area contributed by atoms with Crippen molar-refractivity contribution in [1.29, 1.82) is 0 Å². The van der Waals surface area contributed by atoms with Crippen LogP contribution in [-0.4, -0.2) is 19.5 Å². The highest BCUT2D eigenvalue weighted by Gasteiger charge is 2.23. The number of sulfonamides is 1. The molecule has 2 aliphatic rings. The Morgan fingerprint density at radius 1 is 1.15 bits per heavy atom. The van der Waals surface area contributed by atoms with Crippen LogP contribution in [0.3, 0.4) is 0 Å². The van der Waals surface area contributed by atoms with E-state index >= 15 is 0 Å². The lowest BCUT2D eigenvalue weighted by Crippen LogP contribution is -2.16. The molecule has 7 heteroatoms. The van der Waals surface area contributed by atoms with Crippen LogP contribution in [0.1, 0.15) is 20.8 Å². The first-order valence-corrected chi connectivity index (χ1v) is 10.2. The highest BCUT2D eigenvalue weighted by atomic mass is 32.2. The molecule has 0 saturated heterocycles. The first-order valence-electron chi connectivity index (χ1n) is 7.84. The number of rotatable bonds is 4. The van der Waals surface area contributed by atoms with Crippen LogP contribution in [0.4, 0.5) is 5.69 Å². The Morgan fingerprint density at radius 2 is 1.81 bits per heavy atom. The van der Waals surface area contributed by atoms with Crippen molar-refractivity contribution in [2.45, 2.75) is 11.8 Å². The van der Waals surface area contributed by atoms with E-state index in [1.807, 2.05) is 0 Å². The van der Waals surface area contributed by atoms with Crippen molar-refractivity contribution >= 4 is 33.0 Å². The van der Waals surface area contributed by atoms with Crippen molar-refractivity contribution < 1.29 is 18.3 Å². The van der Waals surface area contributed by atoms with Gasteiger partial charge in [-0.05, 0) is 35.7 Å². The summed E-state index contributed by atoms with van der Waals surface area (Å²) in [4.78, 5) is 11.1. The van der Waals surface area contributed by atoms with Crippen LogP contribution in [0.2, 0.25) is 0 Å². The molecule has 2 aromatic rings. The number of aryl methyl sites for hydroxylation is 1. The van der Waals surface area contributed by atoms with Gasteiger partial charge in [0.1, 0.15) is 4.88 Å². The summed E-state index contributed by atoms with van der Waals surface area (Å²) in [6.45, 7) is 1.66. The first-order chi connectivity index (χ1) is 12.8. The molecule has 0 spiro atoms. The van der Waals surface area contributed by atoms with Gasteiger partial charge in [0, 0.05) is 5.38 Å². The van der Waals surface area contributed by atoms with E-state index in [4.69, 9.17) is 11.5 Å². The molecule has 2 N–H and O–H groups in total. The quantitative estimate of drug-likeness (QED) is 0.506. The summed E-state index contributed by atoms with van der Waals surface area (Å²) in [6, 6.07) is 14.9. The van der Waals surface area contributed by atoms with Crippen LogP contribution in [0.15, 0.2) is 58.8 Å². The SMILES string of the molecule is C#Cc1csc(C(=O)O)c1NS(=O)(=O)c1ccccc1C.c1cc2cc-2c1. The fourth-order valence-electron chi connectivity index (χ4n) is 2.45. The van der Waals surface area contributed by atoms with Crippen LogP contribution in [0, 0.1) is 19.3 Å². The third kappa shape index (κ3) is 4.03. The normalized spacial score (nSPS) is 11.0. The summed E-state index contributed by atoms with van der Waals surface area (Å²) < 4.78 is 27.1. The van der Waals surface area contributed by atoms with E-state index in [-0.39, 0.29) is 21.0 Å². The second kappa shape index (κ2) is 7.27. The van der Waals surface area contributed by atoms with E-state index < -0.39 is 16.0 Å². The minimum Gasteiger partial charge on any atom is -0.477 e. The predicted octanol–water partition coefficient (Wildman–Crippen LogP) is 4.20. The van der Waals surface area contributed by atoms with Gasteiger partial charge in [-0.3, -0.25) is 4.72 Å². The summed E-state index contributed by atoms with van der Waals surface area (Å²) in [5.74, 6) is 1.05. The molecule has 136 valence electrons. The average Bonchev–Trinajstić information content (AvgIpc) is 3.03. The molecule has 1 heterocycles. The summed E-state index contributed by atoms with van der Waals surface area (Å²) in [5.41, 5.74) is 3.54. The number of fused-ring (bicyclic) bond motifs is 1. The number of anilines is 1.